The summed E-state index contributed by atoms with van der Waals surface area (Å²) in [5.74, 6) is 0. The van der Waals surface area contributed by atoms with Crippen molar-refractivity contribution in [3.8, 4) is 0 Å². The van der Waals surface area contributed by atoms with Crippen LogP contribution in [0.3, 0.4) is 0 Å². The predicted molar refractivity (Wildman–Crippen MR) is 61.6 cm³/mol. The highest BCUT2D eigenvalue weighted by atomic mass is 35.5. The maximum absolute atomic E-state index is 6.10. The molecule has 1 aliphatic rings. The number of aliphatic imine (C=N–C) groups is 1. The van der Waals surface area contributed by atoms with Crippen molar-refractivity contribution in [3.05, 3.63) is 35.0 Å². The van der Waals surface area contributed by atoms with E-state index in [0.29, 0.717) is 10.7 Å². The molecule has 0 amide bonds. The molecular formula is C11H11ClN2. The second-order valence-electron chi connectivity index (χ2n) is 3.40. The number of rotatable bonds is 1. The molecular weight excluding hydrogens is 196 g/mol. The number of nitrogens with two attached hydrogens (primary N) is 1. The zero-order valence-electron chi connectivity index (χ0n) is 7.92. The number of hydrogen-bond donors (Lipinski definition) is 1. The molecule has 0 saturated carbocycles. The number of nitrogen functional groups attached to an aromatic ring is 1. The molecule has 0 spiro atoms. The molecule has 0 radical (unpaired) electrons. The van der Waals surface area contributed by atoms with Crippen molar-refractivity contribution in [1.82, 2.24) is 0 Å². The fraction of sp³-hybridized carbons (Fsp3) is 0.182. The van der Waals surface area contributed by atoms with Crippen LogP contribution in [0, 0.1) is 0 Å². The van der Waals surface area contributed by atoms with Gasteiger partial charge in [0.25, 0.3) is 0 Å². The Bertz CT molecular complexity index is 433. The molecule has 0 aromatic heterocycles. The molecule has 2 nitrogen and oxygen atoms in total. The van der Waals surface area contributed by atoms with E-state index in [4.69, 9.17) is 17.3 Å². The average molecular weight is 207 g/mol. The Morgan fingerprint density at radius 2 is 2.21 bits per heavy atom. The predicted octanol–water partition coefficient (Wildman–Crippen LogP) is 3.13. The second-order valence-corrected chi connectivity index (χ2v) is 3.78. The Morgan fingerprint density at radius 3 is 2.86 bits per heavy atom. The third-order valence-corrected chi connectivity index (χ3v) is 2.68. The first-order valence-corrected chi connectivity index (χ1v) is 4.83. The van der Waals surface area contributed by atoms with Crippen LogP contribution in [-0.2, 0) is 0 Å². The van der Waals surface area contributed by atoms with Crippen LogP contribution in [-0.4, -0.2) is 5.71 Å². The minimum absolute atomic E-state index is 0.620. The van der Waals surface area contributed by atoms with Gasteiger partial charge in [-0.2, -0.15) is 0 Å². The molecule has 0 saturated heterocycles. The van der Waals surface area contributed by atoms with Gasteiger partial charge in [0.05, 0.1) is 10.7 Å². The summed E-state index contributed by atoms with van der Waals surface area (Å²) < 4.78 is 0. The number of allylic oxidation sites excluding steroid dienone is 1. The number of halogens is 1. The normalized spacial score (nSPS) is 15.3. The molecule has 1 aromatic carbocycles. The van der Waals surface area contributed by atoms with E-state index in [-0.39, 0.29) is 0 Å². The number of hydrogen-bond acceptors (Lipinski definition) is 2. The van der Waals surface area contributed by atoms with E-state index in [1.54, 1.807) is 6.07 Å². The van der Waals surface area contributed by atoms with E-state index in [2.05, 4.69) is 4.99 Å². The molecule has 14 heavy (non-hydrogen) atoms. The van der Waals surface area contributed by atoms with E-state index in [9.17, 15) is 0 Å². The van der Waals surface area contributed by atoms with Gasteiger partial charge in [-0.05, 0) is 18.6 Å². The smallest absolute Gasteiger partial charge is 0.0711 e. The highest BCUT2D eigenvalue weighted by Crippen LogP contribution is 2.32. The molecule has 0 fully saturated rings. The number of benzene rings is 1. The standard InChI is InChI=1S/C11H11ClN2/c1-7-5-8(6-14-7)9-3-2-4-10(13)11(9)12/h2-4,6H,5,13H2,1H3. The quantitative estimate of drug-likeness (QED) is 0.705. The molecule has 0 unspecified atom stereocenters. The van der Waals surface area contributed by atoms with Gasteiger partial charge in [0.1, 0.15) is 0 Å². The van der Waals surface area contributed by atoms with Crippen LogP contribution >= 0.6 is 11.6 Å². The summed E-state index contributed by atoms with van der Waals surface area (Å²) in [6.45, 7) is 2.00. The molecule has 0 atom stereocenters. The van der Waals surface area contributed by atoms with Gasteiger partial charge in [0.15, 0.2) is 0 Å². The van der Waals surface area contributed by atoms with Crippen molar-refractivity contribution in [1.29, 1.82) is 0 Å². The van der Waals surface area contributed by atoms with Crippen LogP contribution in [0.1, 0.15) is 18.9 Å². The minimum atomic E-state index is 0.620. The Kier molecular flexibility index (Phi) is 2.30. The molecule has 0 aliphatic carbocycles. The van der Waals surface area contributed by atoms with Crippen molar-refractivity contribution >= 4 is 28.6 Å². The fourth-order valence-corrected chi connectivity index (χ4v) is 1.76. The molecule has 72 valence electrons. The summed E-state index contributed by atoms with van der Waals surface area (Å²) >= 11 is 6.10. The molecule has 3 heteroatoms. The Balaban J connectivity index is 2.40. The third kappa shape index (κ3) is 1.53. The van der Waals surface area contributed by atoms with Crippen molar-refractivity contribution in [2.45, 2.75) is 13.3 Å². The lowest BCUT2D eigenvalue weighted by atomic mass is 10.0. The lowest BCUT2D eigenvalue weighted by Crippen LogP contribution is -1.92. The molecule has 0 bridgehead atoms. The first kappa shape index (κ1) is 9.28. The van der Waals surface area contributed by atoms with Crippen molar-refractivity contribution < 1.29 is 0 Å². The summed E-state index contributed by atoms with van der Waals surface area (Å²) in [5, 5.41) is 0.628. The Hall–Kier alpha value is -1.28. The SMILES string of the molecule is CC1=NC=C(c2cccc(N)c2Cl)C1. The number of anilines is 1. The average Bonchev–Trinajstić information content (AvgIpc) is 2.57. The van der Waals surface area contributed by atoms with Crippen LogP contribution < -0.4 is 5.73 Å². The maximum Gasteiger partial charge on any atom is 0.0711 e. The third-order valence-electron chi connectivity index (χ3n) is 2.26. The van der Waals surface area contributed by atoms with Gasteiger partial charge in [-0.1, -0.05) is 23.7 Å². The largest absolute Gasteiger partial charge is 0.398 e. The van der Waals surface area contributed by atoms with Crippen LogP contribution in [0.5, 0.6) is 0 Å². The lowest BCUT2D eigenvalue weighted by molar-refractivity contribution is 1.47. The molecule has 1 aliphatic heterocycles. The first-order chi connectivity index (χ1) is 6.68. The van der Waals surface area contributed by atoms with Crippen LogP contribution in [0.4, 0.5) is 5.69 Å². The van der Waals surface area contributed by atoms with Crippen LogP contribution in [0.15, 0.2) is 29.4 Å². The van der Waals surface area contributed by atoms with Gasteiger partial charge in [-0.25, -0.2) is 0 Å². The zero-order chi connectivity index (χ0) is 10.1. The van der Waals surface area contributed by atoms with Gasteiger partial charge in [-0.3, -0.25) is 4.99 Å². The zero-order valence-corrected chi connectivity index (χ0v) is 8.67. The Labute approximate surface area is 88.1 Å². The Morgan fingerprint density at radius 1 is 1.43 bits per heavy atom. The van der Waals surface area contributed by atoms with Gasteiger partial charge >= 0.3 is 0 Å². The summed E-state index contributed by atoms with van der Waals surface area (Å²) in [6, 6.07) is 5.68. The minimum Gasteiger partial charge on any atom is -0.398 e. The van der Waals surface area contributed by atoms with E-state index in [0.717, 1.165) is 23.3 Å². The highest BCUT2D eigenvalue weighted by molar-refractivity contribution is 6.35. The van der Waals surface area contributed by atoms with Crippen molar-refractivity contribution in [3.63, 3.8) is 0 Å². The summed E-state index contributed by atoms with van der Waals surface area (Å²) in [7, 11) is 0. The second kappa shape index (κ2) is 3.46. The van der Waals surface area contributed by atoms with E-state index < -0.39 is 0 Å². The monoisotopic (exact) mass is 206 g/mol. The van der Waals surface area contributed by atoms with Crippen LogP contribution in [0.25, 0.3) is 5.57 Å². The number of nitrogens with zero attached hydrogens (tertiary/aromatic N) is 1. The van der Waals surface area contributed by atoms with E-state index in [1.807, 2.05) is 25.3 Å². The van der Waals surface area contributed by atoms with Gasteiger partial charge in [0, 0.05) is 23.9 Å². The molecule has 1 aromatic rings. The van der Waals surface area contributed by atoms with Gasteiger partial charge in [0.2, 0.25) is 0 Å². The molecule has 2 rings (SSSR count). The van der Waals surface area contributed by atoms with E-state index >= 15 is 0 Å². The lowest BCUT2D eigenvalue weighted by Gasteiger charge is -2.06. The molecule has 1 heterocycles. The van der Waals surface area contributed by atoms with Crippen molar-refractivity contribution in [2.24, 2.45) is 4.99 Å². The highest BCUT2D eigenvalue weighted by Gasteiger charge is 2.12. The summed E-state index contributed by atoms with van der Waals surface area (Å²) in [5.41, 5.74) is 9.59. The summed E-state index contributed by atoms with van der Waals surface area (Å²) in [4.78, 5) is 4.22. The maximum atomic E-state index is 6.10. The topological polar surface area (TPSA) is 38.4 Å². The first-order valence-electron chi connectivity index (χ1n) is 4.45. The van der Waals surface area contributed by atoms with E-state index in [1.165, 1.54) is 0 Å². The van der Waals surface area contributed by atoms with Gasteiger partial charge < -0.3 is 5.73 Å². The molecule has 2 N–H and O–H groups in total. The van der Waals surface area contributed by atoms with Gasteiger partial charge in [-0.15, -0.1) is 0 Å². The fourth-order valence-electron chi connectivity index (χ4n) is 1.52. The van der Waals surface area contributed by atoms with Crippen LogP contribution in [0.2, 0.25) is 5.02 Å². The van der Waals surface area contributed by atoms with Crippen molar-refractivity contribution in [2.75, 3.05) is 5.73 Å². The summed E-state index contributed by atoms with van der Waals surface area (Å²) in [6.07, 6.45) is 2.72.